The summed E-state index contributed by atoms with van der Waals surface area (Å²) >= 11 is 0. The first-order chi connectivity index (χ1) is 20.8. The fourth-order valence-electron chi connectivity index (χ4n) is 6.52. The van der Waals surface area contributed by atoms with Crippen molar-refractivity contribution in [3.63, 3.8) is 0 Å². The molecule has 2 aliphatic heterocycles. The van der Waals surface area contributed by atoms with Crippen LogP contribution in [0.5, 0.6) is 0 Å². The van der Waals surface area contributed by atoms with Gasteiger partial charge >= 0.3 is 0 Å². The molecule has 2 heterocycles. The maximum Gasteiger partial charge on any atom is 0.187 e. The SMILES string of the molecule is CCOC(CCN1CCC[Si](C)(C)OC(COCCOCC2CN(CCC(OCC)[Si](C)C)CCC[Si](C)(C)O2)C1)[Si](C)C. The molecule has 4 atom stereocenters. The second-order valence-corrected chi connectivity index (χ2v) is 28.7. The van der Waals surface area contributed by atoms with Crippen LogP contribution in [0, 0.1) is 0 Å². The molecule has 0 amide bonds. The van der Waals surface area contributed by atoms with E-state index in [1.165, 1.54) is 24.9 Å². The van der Waals surface area contributed by atoms with Crippen molar-refractivity contribution in [3.8, 4) is 0 Å². The number of hydrogen-bond acceptors (Lipinski definition) is 8. The molecule has 0 aliphatic carbocycles. The fourth-order valence-corrected chi connectivity index (χ4v) is 13.3. The molecule has 0 aromatic heterocycles. The first kappa shape index (κ1) is 40.7. The second-order valence-electron chi connectivity index (χ2n) is 14.6. The highest BCUT2D eigenvalue weighted by Gasteiger charge is 2.32. The van der Waals surface area contributed by atoms with Gasteiger partial charge in [0.2, 0.25) is 0 Å². The van der Waals surface area contributed by atoms with Gasteiger partial charge in [0.1, 0.15) is 0 Å². The van der Waals surface area contributed by atoms with Crippen LogP contribution < -0.4 is 0 Å². The minimum atomic E-state index is -1.67. The van der Waals surface area contributed by atoms with Gasteiger partial charge in [-0.15, -0.1) is 0 Å². The second kappa shape index (κ2) is 21.5. The topological polar surface area (TPSA) is 61.9 Å². The lowest BCUT2D eigenvalue weighted by molar-refractivity contribution is -0.0252. The fraction of sp³-hybridized carbons (Fsp3) is 1.00. The molecule has 260 valence electrons. The molecule has 0 spiro atoms. The van der Waals surface area contributed by atoms with E-state index in [-0.39, 0.29) is 12.2 Å². The van der Waals surface area contributed by atoms with Crippen LogP contribution in [0.2, 0.25) is 64.5 Å². The standard InChI is InChI=1S/C32H70N2O6Si4/c1-11-37-31(41(3)4)15-19-33-17-13-23-43(7,8)39-29(25-33)27-35-21-22-36-28-30-26-34(18-14-24-44(9,10)40-30)20-16-32(38-12-2)42(5)6/h29-32H,11-28H2,1-10H3. The average Bonchev–Trinajstić information content (AvgIpc) is 2.91. The summed E-state index contributed by atoms with van der Waals surface area (Å²) in [6, 6.07) is 2.41. The maximum absolute atomic E-state index is 6.72. The minimum Gasteiger partial charge on any atom is -0.411 e. The van der Waals surface area contributed by atoms with E-state index in [4.69, 9.17) is 27.8 Å². The predicted octanol–water partition coefficient (Wildman–Crippen LogP) is 5.79. The summed E-state index contributed by atoms with van der Waals surface area (Å²) in [5.74, 6) is 0. The van der Waals surface area contributed by atoms with E-state index >= 15 is 0 Å². The molecule has 4 unspecified atom stereocenters. The van der Waals surface area contributed by atoms with Gasteiger partial charge in [-0.2, -0.15) is 0 Å². The van der Waals surface area contributed by atoms with Crippen LogP contribution in [-0.2, 0) is 27.8 Å². The molecule has 0 aromatic carbocycles. The van der Waals surface area contributed by atoms with Gasteiger partial charge in [-0.25, -0.2) is 0 Å². The van der Waals surface area contributed by atoms with E-state index < -0.39 is 34.2 Å². The normalized spacial score (nSPS) is 25.4. The summed E-state index contributed by atoms with van der Waals surface area (Å²) in [5, 5.41) is 0. The first-order valence-corrected chi connectivity index (χ1v) is 29.0. The highest BCUT2D eigenvalue weighted by molar-refractivity contribution is 6.71. The van der Waals surface area contributed by atoms with E-state index in [1.807, 2.05) is 0 Å². The Labute approximate surface area is 277 Å². The molecule has 8 nitrogen and oxygen atoms in total. The number of nitrogens with zero attached hydrogens (tertiary/aromatic N) is 2. The Kier molecular flexibility index (Phi) is 19.9. The monoisotopic (exact) mass is 690 g/mol. The first-order valence-electron chi connectivity index (χ1n) is 17.6. The smallest absolute Gasteiger partial charge is 0.187 e. The van der Waals surface area contributed by atoms with Gasteiger partial charge in [-0.05, 0) is 90.9 Å². The van der Waals surface area contributed by atoms with Crippen molar-refractivity contribution in [1.82, 2.24) is 9.80 Å². The number of rotatable bonds is 19. The molecule has 12 heteroatoms. The molecule has 2 radical (unpaired) electrons. The predicted molar refractivity (Wildman–Crippen MR) is 193 cm³/mol. The van der Waals surface area contributed by atoms with Crippen LogP contribution >= 0.6 is 0 Å². The van der Waals surface area contributed by atoms with E-state index in [0.717, 1.165) is 65.3 Å². The van der Waals surface area contributed by atoms with Gasteiger partial charge in [0, 0.05) is 50.8 Å². The van der Waals surface area contributed by atoms with Gasteiger partial charge in [0.05, 0.1) is 56.2 Å². The van der Waals surface area contributed by atoms with Gasteiger partial charge in [-0.3, -0.25) is 0 Å². The maximum atomic E-state index is 6.72. The average molecular weight is 691 g/mol. The highest BCUT2D eigenvalue weighted by Crippen LogP contribution is 2.22. The summed E-state index contributed by atoms with van der Waals surface area (Å²) < 4.78 is 38.0. The van der Waals surface area contributed by atoms with Crippen molar-refractivity contribution in [1.29, 1.82) is 0 Å². The molecular weight excluding hydrogens is 621 g/mol. The number of hydrogen-bond donors (Lipinski definition) is 0. The van der Waals surface area contributed by atoms with Crippen molar-refractivity contribution in [2.45, 2.75) is 128 Å². The Bertz CT molecular complexity index is 692. The summed E-state index contributed by atoms with van der Waals surface area (Å²) in [7, 11) is -4.28. The van der Waals surface area contributed by atoms with Crippen molar-refractivity contribution < 1.29 is 27.8 Å². The largest absolute Gasteiger partial charge is 0.411 e. The molecule has 44 heavy (non-hydrogen) atoms. The highest BCUT2D eigenvalue weighted by atomic mass is 28.4. The minimum absolute atomic E-state index is 0.124. The van der Waals surface area contributed by atoms with Gasteiger partial charge in [0.15, 0.2) is 16.6 Å². The lowest BCUT2D eigenvalue weighted by Crippen LogP contribution is -2.48. The lowest BCUT2D eigenvalue weighted by atomic mass is 10.3. The molecule has 0 N–H and O–H groups in total. The zero-order chi connectivity index (χ0) is 32.6. The molecule has 0 aromatic rings. The quantitative estimate of drug-likeness (QED) is 0.125. The van der Waals surface area contributed by atoms with Crippen molar-refractivity contribution in [2.24, 2.45) is 0 Å². The van der Waals surface area contributed by atoms with E-state index in [2.05, 4.69) is 76.0 Å². The lowest BCUT2D eigenvalue weighted by Gasteiger charge is -2.37. The summed E-state index contributed by atoms with van der Waals surface area (Å²) in [5.41, 5.74) is 0.842. The van der Waals surface area contributed by atoms with Gasteiger partial charge in [0.25, 0.3) is 0 Å². The molecular formula is C32H70N2O6Si4. The zero-order valence-electron chi connectivity index (χ0n) is 30.4. The molecule has 2 rings (SSSR count). The van der Waals surface area contributed by atoms with Crippen LogP contribution in [0.4, 0.5) is 0 Å². The van der Waals surface area contributed by atoms with Crippen LogP contribution in [0.3, 0.4) is 0 Å². The Morgan fingerprint density at radius 1 is 0.682 bits per heavy atom. The van der Waals surface area contributed by atoms with E-state index in [9.17, 15) is 0 Å². The summed E-state index contributed by atoms with van der Waals surface area (Å²) in [4.78, 5) is 5.18. The van der Waals surface area contributed by atoms with E-state index in [1.54, 1.807) is 0 Å². The van der Waals surface area contributed by atoms with Crippen LogP contribution in [0.15, 0.2) is 0 Å². The third kappa shape index (κ3) is 17.1. The third-order valence-corrected chi connectivity index (χ3v) is 17.4. The Balaban J connectivity index is 1.81. The van der Waals surface area contributed by atoms with Gasteiger partial charge < -0.3 is 37.6 Å². The van der Waals surface area contributed by atoms with Crippen LogP contribution in [0.1, 0.15) is 39.5 Å². The van der Waals surface area contributed by atoms with Crippen molar-refractivity contribution >= 4 is 34.2 Å². The van der Waals surface area contributed by atoms with E-state index in [0.29, 0.717) is 37.9 Å². The molecule has 2 saturated heterocycles. The van der Waals surface area contributed by atoms with Crippen LogP contribution in [0.25, 0.3) is 0 Å². The Morgan fingerprint density at radius 2 is 1.07 bits per heavy atom. The van der Waals surface area contributed by atoms with Gasteiger partial charge in [-0.1, -0.05) is 26.2 Å². The Morgan fingerprint density at radius 3 is 1.41 bits per heavy atom. The summed E-state index contributed by atoms with van der Waals surface area (Å²) in [6.45, 7) is 33.5. The molecule has 0 bridgehead atoms. The van der Waals surface area contributed by atoms with Crippen molar-refractivity contribution in [2.75, 3.05) is 78.9 Å². The zero-order valence-corrected chi connectivity index (χ0v) is 34.4. The summed E-state index contributed by atoms with van der Waals surface area (Å²) in [6.07, 6.45) is 4.93. The number of ether oxygens (including phenoxy) is 4. The van der Waals surface area contributed by atoms with Crippen molar-refractivity contribution in [3.05, 3.63) is 0 Å². The Hall–Kier alpha value is 0.548. The van der Waals surface area contributed by atoms with Crippen LogP contribution in [-0.4, -0.2) is 147 Å². The molecule has 0 saturated carbocycles. The third-order valence-electron chi connectivity index (χ3n) is 8.82. The molecule has 2 aliphatic rings. The molecule has 2 fully saturated rings.